The van der Waals surface area contributed by atoms with E-state index in [1.165, 1.54) is 0 Å². The number of carbonyl (C=O) groups is 2. The molecule has 0 bridgehead atoms. The topological polar surface area (TPSA) is 89.3 Å². The summed E-state index contributed by atoms with van der Waals surface area (Å²) in [6.07, 6.45) is 0.799. The van der Waals surface area contributed by atoms with E-state index in [0.717, 1.165) is 11.1 Å². The van der Waals surface area contributed by atoms with Gasteiger partial charge in [0.15, 0.2) is 0 Å². The molecular formula is C16H20N4O3. The van der Waals surface area contributed by atoms with Crippen molar-refractivity contribution in [1.82, 2.24) is 19.8 Å². The van der Waals surface area contributed by atoms with Crippen LogP contribution in [0, 0.1) is 0 Å². The summed E-state index contributed by atoms with van der Waals surface area (Å²) in [5.41, 5.74) is 2.06. The number of nitrogens with one attached hydrogen (secondary N) is 2. The Labute approximate surface area is 133 Å². The molecule has 0 saturated carbocycles. The Morgan fingerprint density at radius 1 is 1.00 bits per heavy atom. The van der Waals surface area contributed by atoms with Gasteiger partial charge in [-0.05, 0) is 17.7 Å². The molecule has 2 heterocycles. The van der Waals surface area contributed by atoms with Gasteiger partial charge >= 0.3 is 5.69 Å². The molecule has 3 rings (SSSR count). The first-order valence-electron chi connectivity index (χ1n) is 7.83. The number of aromatic amines is 2. The van der Waals surface area contributed by atoms with Crippen LogP contribution in [0.25, 0.3) is 11.0 Å². The molecule has 2 N–H and O–H groups in total. The second-order valence-electron chi connectivity index (χ2n) is 5.75. The second kappa shape index (κ2) is 6.28. The molecule has 1 aliphatic rings. The highest BCUT2D eigenvalue weighted by Crippen LogP contribution is 2.13. The largest absolute Gasteiger partial charge is 0.339 e. The summed E-state index contributed by atoms with van der Waals surface area (Å²) in [4.78, 5) is 44.3. The fourth-order valence-corrected chi connectivity index (χ4v) is 2.90. The number of H-pyrrole nitrogens is 2. The summed E-state index contributed by atoms with van der Waals surface area (Å²) in [6.45, 7) is 4.20. The van der Waals surface area contributed by atoms with Crippen LogP contribution in [0.5, 0.6) is 0 Å². The lowest BCUT2D eigenvalue weighted by atomic mass is 10.1. The van der Waals surface area contributed by atoms with Gasteiger partial charge < -0.3 is 19.8 Å². The second-order valence-corrected chi connectivity index (χ2v) is 5.75. The Hall–Kier alpha value is -2.57. The van der Waals surface area contributed by atoms with Crippen LogP contribution in [0.3, 0.4) is 0 Å². The normalized spacial score (nSPS) is 15.2. The third-order valence-electron chi connectivity index (χ3n) is 4.22. The van der Waals surface area contributed by atoms with Gasteiger partial charge in [0.05, 0.1) is 17.5 Å². The minimum atomic E-state index is -0.250. The minimum Gasteiger partial charge on any atom is -0.339 e. The molecule has 0 unspecified atom stereocenters. The van der Waals surface area contributed by atoms with Gasteiger partial charge in [-0.3, -0.25) is 9.59 Å². The van der Waals surface area contributed by atoms with Crippen LogP contribution in [-0.2, 0) is 16.0 Å². The molecule has 0 aliphatic carbocycles. The van der Waals surface area contributed by atoms with Crippen molar-refractivity contribution in [2.45, 2.75) is 19.8 Å². The fourth-order valence-electron chi connectivity index (χ4n) is 2.90. The van der Waals surface area contributed by atoms with Crippen molar-refractivity contribution in [3.8, 4) is 0 Å². The maximum absolute atomic E-state index is 12.4. The molecular weight excluding hydrogens is 296 g/mol. The smallest absolute Gasteiger partial charge is 0.323 e. The van der Waals surface area contributed by atoms with Crippen molar-refractivity contribution in [1.29, 1.82) is 0 Å². The summed E-state index contributed by atoms with van der Waals surface area (Å²) in [7, 11) is 0. The van der Waals surface area contributed by atoms with Crippen molar-refractivity contribution in [3.05, 3.63) is 34.2 Å². The number of amides is 2. The number of hydrogen-bond acceptors (Lipinski definition) is 3. The molecule has 0 radical (unpaired) electrons. The molecule has 1 aliphatic heterocycles. The molecule has 0 spiro atoms. The number of hydrogen-bond donors (Lipinski definition) is 2. The molecule has 7 heteroatoms. The van der Waals surface area contributed by atoms with Gasteiger partial charge in [0.25, 0.3) is 0 Å². The number of nitrogens with zero attached hydrogens (tertiary/aromatic N) is 2. The van der Waals surface area contributed by atoms with E-state index in [2.05, 4.69) is 9.97 Å². The zero-order valence-corrected chi connectivity index (χ0v) is 13.1. The Bertz CT molecular complexity index is 784. The number of piperazine rings is 1. The highest BCUT2D eigenvalue weighted by atomic mass is 16.2. The Morgan fingerprint density at radius 3 is 2.26 bits per heavy atom. The SMILES string of the molecule is CCC(=O)N1CCN(C(=O)Cc2ccc3[nH]c(=O)[nH]c3c2)CC1. The van der Waals surface area contributed by atoms with Crippen LogP contribution in [0.15, 0.2) is 23.0 Å². The van der Waals surface area contributed by atoms with E-state index in [0.29, 0.717) is 44.5 Å². The minimum absolute atomic E-state index is 0.0471. The van der Waals surface area contributed by atoms with Gasteiger partial charge in [-0.2, -0.15) is 0 Å². The van der Waals surface area contributed by atoms with Crippen LogP contribution >= 0.6 is 0 Å². The predicted molar refractivity (Wildman–Crippen MR) is 86.1 cm³/mol. The quantitative estimate of drug-likeness (QED) is 0.863. The average Bonchev–Trinajstić information content (AvgIpc) is 2.93. The van der Waals surface area contributed by atoms with Crippen molar-refractivity contribution in [2.75, 3.05) is 26.2 Å². The predicted octanol–water partition coefficient (Wildman–Crippen LogP) is 0.479. The molecule has 7 nitrogen and oxygen atoms in total. The molecule has 0 atom stereocenters. The Morgan fingerprint density at radius 2 is 1.61 bits per heavy atom. The summed E-state index contributed by atoms with van der Waals surface area (Å²) in [5, 5.41) is 0. The highest BCUT2D eigenvalue weighted by molar-refractivity contribution is 5.82. The van der Waals surface area contributed by atoms with Gasteiger partial charge in [0, 0.05) is 32.6 Å². The van der Waals surface area contributed by atoms with E-state index in [1.807, 2.05) is 19.1 Å². The third-order valence-corrected chi connectivity index (χ3v) is 4.22. The van der Waals surface area contributed by atoms with Crippen LogP contribution in [0.1, 0.15) is 18.9 Å². The maximum Gasteiger partial charge on any atom is 0.323 e. The lowest BCUT2D eigenvalue weighted by Gasteiger charge is -2.34. The van der Waals surface area contributed by atoms with Gasteiger partial charge in [-0.25, -0.2) is 4.79 Å². The van der Waals surface area contributed by atoms with Crippen molar-refractivity contribution in [2.24, 2.45) is 0 Å². The Balaban J connectivity index is 1.62. The van der Waals surface area contributed by atoms with Gasteiger partial charge in [0.2, 0.25) is 11.8 Å². The van der Waals surface area contributed by atoms with Crippen LogP contribution < -0.4 is 5.69 Å². The number of benzene rings is 1. The zero-order valence-electron chi connectivity index (χ0n) is 13.1. The van der Waals surface area contributed by atoms with E-state index in [1.54, 1.807) is 15.9 Å². The highest BCUT2D eigenvalue weighted by Gasteiger charge is 2.23. The van der Waals surface area contributed by atoms with Crippen LogP contribution in [0.2, 0.25) is 0 Å². The summed E-state index contributed by atoms with van der Waals surface area (Å²) in [6, 6.07) is 5.47. The van der Waals surface area contributed by atoms with E-state index in [4.69, 9.17) is 0 Å². The lowest BCUT2D eigenvalue weighted by molar-refractivity contribution is -0.139. The molecule has 1 aromatic heterocycles. The summed E-state index contributed by atoms with van der Waals surface area (Å²) >= 11 is 0. The third kappa shape index (κ3) is 3.28. The molecule has 2 aromatic rings. The van der Waals surface area contributed by atoms with E-state index in [-0.39, 0.29) is 17.5 Å². The molecule has 23 heavy (non-hydrogen) atoms. The number of aromatic nitrogens is 2. The first-order chi connectivity index (χ1) is 11.1. The average molecular weight is 316 g/mol. The zero-order chi connectivity index (χ0) is 16.4. The molecule has 1 saturated heterocycles. The van der Waals surface area contributed by atoms with Gasteiger partial charge in [-0.15, -0.1) is 0 Å². The molecule has 1 aromatic carbocycles. The Kier molecular flexibility index (Phi) is 4.18. The van der Waals surface area contributed by atoms with E-state index < -0.39 is 0 Å². The molecule has 122 valence electrons. The number of fused-ring (bicyclic) bond motifs is 1. The summed E-state index contributed by atoms with van der Waals surface area (Å²) in [5.74, 6) is 0.185. The maximum atomic E-state index is 12.4. The van der Waals surface area contributed by atoms with Gasteiger partial charge in [-0.1, -0.05) is 13.0 Å². The van der Waals surface area contributed by atoms with Gasteiger partial charge in [0.1, 0.15) is 0 Å². The van der Waals surface area contributed by atoms with Crippen molar-refractivity contribution >= 4 is 22.8 Å². The van der Waals surface area contributed by atoms with E-state index in [9.17, 15) is 14.4 Å². The monoisotopic (exact) mass is 316 g/mol. The summed E-state index contributed by atoms with van der Waals surface area (Å²) < 4.78 is 0. The van der Waals surface area contributed by atoms with Crippen LogP contribution in [0.4, 0.5) is 0 Å². The first-order valence-corrected chi connectivity index (χ1v) is 7.83. The lowest BCUT2D eigenvalue weighted by Crippen LogP contribution is -2.50. The number of imidazole rings is 1. The standard InChI is InChI=1S/C16H20N4O3/c1-2-14(21)19-5-7-20(8-6-19)15(22)10-11-3-4-12-13(9-11)18-16(23)17-12/h3-4,9H,2,5-8,10H2,1H3,(H2,17,18,23). The number of carbonyl (C=O) groups excluding carboxylic acids is 2. The van der Waals surface area contributed by atoms with E-state index >= 15 is 0 Å². The van der Waals surface area contributed by atoms with Crippen molar-refractivity contribution < 1.29 is 9.59 Å². The van der Waals surface area contributed by atoms with Crippen molar-refractivity contribution in [3.63, 3.8) is 0 Å². The fraction of sp³-hybridized carbons (Fsp3) is 0.438. The first kappa shape index (κ1) is 15.3. The number of rotatable bonds is 3. The van der Waals surface area contributed by atoms with Crippen LogP contribution in [-0.4, -0.2) is 57.8 Å². The molecule has 1 fully saturated rings. The molecule has 2 amide bonds.